The molecule has 0 aromatic heterocycles. The van der Waals surface area contributed by atoms with Gasteiger partial charge in [0.15, 0.2) is 0 Å². The molecule has 1 aliphatic heterocycles. The van der Waals surface area contributed by atoms with Crippen LogP contribution in [-0.2, 0) is 11.2 Å². The van der Waals surface area contributed by atoms with E-state index in [0.717, 1.165) is 5.56 Å². The molecule has 86 valence electrons. The number of phenols is 1. The molecule has 0 bridgehead atoms. The van der Waals surface area contributed by atoms with Crippen molar-refractivity contribution in [2.45, 2.75) is 31.8 Å². The Morgan fingerprint density at radius 3 is 2.94 bits per heavy atom. The van der Waals surface area contributed by atoms with Crippen molar-refractivity contribution in [3.63, 3.8) is 0 Å². The average Bonchev–Trinajstić information content (AvgIpc) is 2.27. The van der Waals surface area contributed by atoms with E-state index in [2.05, 4.69) is 0 Å². The summed E-state index contributed by atoms with van der Waals surface area (Å²) in [6, 6.07) is 4.83. The highest BCUT2D eigenvalue weighted by atomic mass is 16.5. The molecular formula is C12H14O4. The predicted octanol–water partition coefficient (Wildman–Crippen LogP) is 1.95. The first-order valence-electron chi connectivity index (χ1n) is 5.32. The number of aromatic hydroxyl groups is 1. The van der Waals surface area contributed by atoms with E-state index in [0.29, 0.717) is 25.0 Å². The zero-order valence-electron chi connectivity index (χ0n) is 9.06. The topological polar surface area (TPSA) is 66.8 Å². The highest BCUT2D eigenvalue weighted by molar-refractivity contribution is 5.78. The van der Waals surface area contributed by atoms with Gasteiger partial charge in [0, 0.05) is 12.5 Å². The van der Waals surface area contributed by atoms with Gasteiger partial charge in [-0.25, -0.2) is 4.79 Å². The number of fused-ring (bicyclic) bond motifs is 1. The average molecular weight is 222 g/mol. The van der Waals surface area contributed by atoms with Crippen molar-refractivity contribution < 1.29 is 19.7 Å². The molecule has 1 heterocycles. The molecule has 1 atom stereocenters. The smallest absolute Gasteiger partial charge is 0.348 e. The van der Waals surface area contributed by atoms with Crippen molar-refractivity contribution in [3.8, 4) is 11.5 Å². The van der Waals surface area contributed by atoms with Crippen LogP contribution in [0.2, 0.25) is 0 Å². The molecule has 0 fully saturated rings. The maximum Gasteiger partial charge on any atom is 0.348 e. The van der Waals surface area contributed by atoms with Gasteiger partial charge in [-0.2, -0.15) is 0 Å². The number of phenolic OH excluding ortho intramolecular Hbond substituents is 1. The summed E-state index contributed by atoms with van der Waals surface area (Å²) in [6.07, 6.45) is 1.55. The number of carbonyl (C=O) groups is 1. The summed E-state index contributed by atoms with van der Waals surface area (Å²) in [5, 5.41) is 18.5. The quantitative estimate of drug-likeness (QED) is 0.802. The van der Waals surface area contributed by atoms with Crippen molar-refractivity contribution in [2.24, 2.45) is 0 Å². The number of carboxylic acid groups (broad SMARTS) is 1. The van der Waals surface area contributed by atoms with Gasteiger partial charge >= 0.3 is 5.97 Å². The summed E-state index contributed by atoms with van der Waals surface area (Å²) in [5.74, 6) is -0.365. The molecule has 2 rings (SSSR count). The second-order valence-corrected chi connectivity index (χ2v) is 4.05. The first-order valence-corrected chi connectivity index (χ1v) is 5.32. The zero-order chi connectivity index (χ0) is 11.8. The van der Waals surface area contributed by atoms with E-state index < -0.39 is 11.6 Å². The van der Waals surface area contributed by atoms with E-state index in [-0.39, 0.29) is 5.75 Å². The van der Waals surface area contributed by atoms with Gasteiger partial charge in [-0.3, -0.25) is 0 Å². The van der Waals surface area contributed by atoms with Gasteiger partial charge < -0.3 is 14.9 Å². The summed E-state index contributed by atoms with van der Waals surface area (Å²) >= 11 is 0. The van der Waals surface area contributed by atoms with Gasteiger partial charge in [-0.05, 0) is 24.5 Å². The molecule has 16 heavy (non-hydrogen) atoms. The summed E-state index contributed by atoms with van der Waals surface area (Å²) in [6.45, 7) is 1.79. The standard InChI is InChI=1S/C12H14O4/c1-2-12(11(14)15)6-5-8-3-4-9(13)7-10(8)16-12/h3-4,7,13H,2,5-6H2,1H3,(H,14,15). The Hall–Kier alpha value is -1.71. The third-order valence-electron chi connectivity index (χ3n) is 3.12. The van der Waals surface area contributed by atoms with Crippen LogP contribution in [0.5, 0.6) is 11.5 Å². The van der Waals surface area contributed by atoms with E-state index in [1.165, 1.54) is 6.07 Å². The van der Waals surface area contributed by atoms with E-state index in [1.54, 1.807) is 19.1 Å². The van der Waals surface area contributed by atoms with Crippen molar-refractivity contribution in [1.29, 1.82) is 0 Å². The van der Waals surface area contributed by atoms with Crippen LogP contribution in [-0.4, -0.2) is 21.8 Å². The Labute approximate surface area is 93.5 Å². The van der Waals surface area contributed by atoms with Gasteiger partial charge in [0.2, 0.25) is 5.60 Å². The molecule has 0 radical (unpaired) electrons. The summed E-state index contributed by atoms with van der Waals surface area (Å²) < 4.78 is 5.55. The number of benzene rings is 1. The monoisotopic (exact) mass is 222 g/mol. The van der Waals surface area contributed by atoms with Crippen LogP contribution in [0.4, 0.5) is 0 Å². The lowest BCUT2D eigenvalue weighted by Gasteiger charge is -2.34. The number of hydrogen-bond donors (Lipinski definition) is 2. The molecule has 4 nitrogen and oxygen atoms in total. The van der Waals surface area contributed by atoms with Crippen LogP contribution < -0.4 is 4.74 Å². The first kappa shape index (κ1) is 10.8. The van der Waals surface area contributed by atoms with Gasteiger partial charge in [0.25, 0.3) is 0 Å². The Kier molecular flexibility index (Phi) is 2.50. The number of rotatable bonds is 2. The highest BCUT2D eigenvalue weighted by Crippen LogP contribution is 2.37. The summed E-state index contributed by atoms with van der Waals surface area (Å²) in [7, 11) is 0. The van der Waals surface area contributed by atoms with E-state index >= 15 is 0 Å². The minimum atomic E-state index is -1.14. The molecule has 1 aliphatic rings. The normalized spacial score (nSPS) is 23.3. The number of carboxylic acids is 1. The molecule has 1 aromatic carbocycles. The van der Waals surface area contributed by atoms with Crippen LogP contribution >= 0.6 is 0 Å². The van der Waals surface area contributed by atoms with Crippen molar-refractivity contribution in [1.82, 2.24) is 0 Å². The SMILES string of the molecule is CCC1(C(=O)O)CCc2ccc(O)cc2O1. The minimum absolute atomic E-state index is 0.0936. The third kappa shape index (κ3) is 1.60. The molecule has 1 aromatic rings. The molecule has 2 N–H and O–H groups in total. The van der Waals surface area contributed by atoms with Gasteiger partial charge in [0.1, 0.15) is 11.5 Å². The highest BCUT2D eigenvalue weighted by Gasteiger charge is 2.42. The Morgan fingerprint density at radius 2 is 2.31 bits per heavy atom. The summed E-state index contributed by atoms with van der Waals surface area (Å²) in [4.78, 5) is 11.2. The summed E-state index contributed by atoms with van der Waals surface area (Å²) in [5.41, 5.74) is -0.191. The van der Waals surface area contributed by atoms with Crippen LogP contribution in [0, 0.1) is 0 Å². The lowest BCUT2D eigenvalue weighted by Crippen LogP contribution is -2.46. The van der Waals surface area contributed by atoms with Crippen molar-refractivity contribution in [3.05, 3.63) is 23.8 Å². The van der Waals surface area contributed by atoms with Crippen LogP contribution in [0.3, 0.4) is 0 Å². The lowest BCUT2D eigenvalue weighted by molar-refractivity contribution is -0.157. The largest absolute Gasteiger partial charge is 0.508 e. The van der Waals surface area contributed by atoms with Crippen molar-refractivity contribution >= 4 is 5.97 Å². The fourth-order valence-corrected chi connectivity index (χ4v) is 1.99. The maximum absolute atomic E-state index is 11.2. The van der Waals surface area contributed by atoms with Crippen LogP contribution in [0.15, 0.2) is 18.2 Å². The number of aliphatic carboxylic acids is 1. The molecule has 0 saturated carbocycles. The Bertz CT molecular complexity index is 427. The number of hydrogen-bond acceptors (Lipinski definition) is 3. The maximum atomic E-state index is 11.2. The van der Waals surface area contributed by atoms with Gasteiger partial charge in [-0.15, -0.1) is 0 Å². The second-order valence-electron chi connectivity index (χ2n) is 4.05. The van der Waals surface area contributed by atoms with Crippen LogP contribution in [0.25, 0.3) is 0 Å². The molecule has 0 aliphatic carbocycles. The molecule has 0 saturated heterocycles. The van der Waals surface area contributed by atoms with E-state index in [9.17, 15) is 15.0 Å². The fraction of sp³-hybridized carbons (Fsp3) is 0.417. The molecule has 0 spiro atoms. The van der Waals surface area contributed by atoms with Gasteiger partial charge in [-0.1, -0.05) is 13.0 Å². The number of aryl methyl sites for hydroxylation is 1. The minimum Gasteiger partial charge on any atom is -0.508 e. The van der Waals surface area contributed by atoms with Gasteiger partial charge in [0.05, 0.1) is 0 Å². The Balaban J connectivity index is 2.38. The third-order valence-corrected chi connectivity index (χ3v) is 3.12. The van der Waals surface area contributed by atoms with E-state index in [1.807, 2.05) is 0 Å². The molecular weight excluding hydrogens is 208 g/mol. The fourth-order valence-electron chi connectivity index (χ4n) is 1.99. The number of ether oxygens (including phenoxy) is 1. The van der Waals surface area contributed by atoms with E-state index in [4.69, 9.17) is 4.74 Å². The predicted molar refractivity (Wildman–Crippen MR) is 57.7 cm³/mol. The molecule has 4 heteroatoms. The van der Waals surface area contributed by atoms with Crippen LogP contribution in [0.1, 0.15) is 25.3 Å². The molecule has 0 amide bonds. The lowest BCUT2D eigenvalue weighted by atomic mass is 9.89. The zero-order valence-corrected chi connectivity index (χ0v) is 9.06. The molecule has 1 unspecified atom stereocenters. The Morgan fingerprint density at radius 1 is 1.56 bits per heavy atom. The second kappa shape index (κ2) is 3.70. The van der Waals surface area contributed by atoms with Crippen molar-refractivity contribution in [2.75, 3.05) is 0 Å². The first-order chi connectivity index (χ1) is 7.57.